The Hall–Kier alpha value is -2.00. The Labute approximate surface area is 149 Å². The summed E-state index contributed by atoms with van der Waals surface area (Å²) >= 11 is 0. The Kier molecular flexibility index (Phi) is 3.53. The highest BCUT2D eigenvalue weighted by molar-refractivity contribution is 5.54. The first-order chi connectivity index (χ1) is 12.3. The van der Waals surface area contributed by atoms with Crippen LogP contribution in [0.4, 0.5) is 0 Å². The third-order valence-electron chi connectivity index (χ3n) is 6.64. The number of phenolic OH excluding ortho intramolecular Hbond substituents is 1. The summed E-state index contributed by atoms with van der Waals surface area (Å²) in [5.41, 5.74) is 2.79. The molecule has 3 nitrogen and oxygen atoms in total. The third kappa shape index (κ3) is 2.29. The van der Waals surface area contributed by atoms with Gasteiger partial charge in [-0.15, -0.1) is 0 Å². The van der Waals surface area contributed by atoms with E-state index in [2.05, 4.69) is 41.3 Å². The fraction of sp³-hybridized carbons (Fsp3) is 0.455. The zero-order chi connectivity index (χ0) is 16.9. The van der Waals surface area contributed by atoms with Gasteiger partial charge >= 0.3 is 0 Å². The van der Waals surface area contributed by atoms with Crippen LogP contribution in [0.1, 0.15) is 36.8 Å². The van der Waals surface area contributed by atoms with Crippen LogP contribution in [0.15, 0.2) is 48.5 Å². The Morgan fingerprint density at radius 1 is 1.08 bits per heavy atom. The highest BCUT2D eigenvalue weighted by Gasteiger charge is 2.58. The number of phenols is 1. The summed E-state index contributed by atoms with van der Waals surface area (Å²) in [5, 5.41) is 10.3. The molecule has 1 N–H and O–H groups in total. The smallest absolute Gasteiger partial charge is 0.165 e. The van der Waals surface area contributed by atoms with Gasteiger partial charge in [-0.1, -0.05) is 48.9 Å². The Morgan fingerprint density at radius 2 is 1.96 bits per heavy atom. The summed E-state index contributed by atoms with van der Waals surface area (Å²) in [4.78, 5) is 2.64. The average Bonchev–Trinajstić information content (AvgIpc) is 3.00. The molecule has 0 amide bonds. The van der Waals surface area contributed by atoms with E-state index in [1.165, 1.54) is 30.4 Å². The quantitative estimate of drug-likeness (QED) is 0.923. The van der Waals surface area contributed by atoms with Gasteiger partial charge in [-0.3, -0.25) is 4.90 Å². The summed E-state index contributed by atoms with van der Waals surface area (Å²) in [7, 11) is 0. The van der Waals surface area contributed by atoms with Crippen molar-refractivity contribution < 1.29 is 9.84 Å². The molecule has 5 rings (SSSR count). The first-order valence-electron chi connectivity index (χ1n) is 9.55. The van der Waals surface area contributed by atoms with Gasteiger partial charge in [-0.2, -0.15) is 0 Å². The Bertz CT molecular complexity index is 775. The molecular formula is C22H25NO2. The minimum atomic E-state index is 0.125. The van der Waals surface area contributed by atoms with E-state index >= 15 is 0 Å². The van der Waals surface area contributed by atoms with Gasteiger partial charge in [0.2, 0.25) is 0 Å². The minimum absolute atomic E-state index is 0.125. The van der Waals surface area contributed by atoms with E-state index in [9.17, 15) is 5.11 Å². The van der Waals surface area contributed by atoms with E-state index < -0.39 is 0 Å². The maximum Gasteiger partial charge on any atom is 0.165 e. The molecule has 1 saturated carbocycles. The van der Waals surface area contributed by atoms with Crippen LogP contribution in [0.3, 0.4) is 0 Å². The normalized spacial score (nSPS) is 30.4. The molecule has 2 aromatic carbocycles. The lowest BCUT2D eigenvalue weighted by Gasteiger charge is -2.52. The van der Waals surface area contributed by atoms with E-state index in [4.69, 9.17) is 4.74 Å². The number of rotatable bonds is 3. The zero-order valence-electron chi connectivity index (χ0n) is 14.5. The fourth-order valence-electron chi connectivity index (χ4n) is 5.42. The first-order valence-corrected chi connectivity index (χ1v) is 9.55. The second-order valence-corrected chi connectivity index (χ2v) is 7.83. The van der Waals surface area contributed by atoms with E-state index in [0.29, 0.717) is 11.8 Å². The number of para-hydroxylation sites is 1. The predicted octanol–water partition coefficient (Wildman–Crippen LogP) is 3.89. The molecule has 0 unspecified atom stereocenters. The lowest BCUT2D eigenvalue weighted by atomic mass is 9.62. The summed E-state index contributed by atoms with van der Waals surface area (Å²) in [5.74, 6) is 1.06. The molecule has 0 aromatic heterocycles. The second-order valence-electron chi connectivity index (χ2n) is 7.83. The molecule has 3 aliphatic rings. The lowest BCUT2D eigenvalue weighted by molar-refractivity contribution is -0.0416. The van der Waals surface area contributed by atoms with Gasteiger partial charge in [-0.25, -0.2) is 0 Å². The minimum Gasteiger partial charge on any atom is -0.504 e. The zero-order valence-corrected chi connectivity index (χ0v) is 14.5. The Balaban J connectivity index is 1.40. The number of ether oxygens (including phenoxy) is 1. The van der Waals surface area contributed by atoms with Gasteiger partial charge < -0.3 is 9.84 Å². The van der Waals surface area contributed by atoms with Crippen molar-refractivity contribution in [3.05, 3.63) is 59.7 Å². The molecule has 2 aliphatic heterocycles. The van der Waals surface area contributed by atoms with E-state index in [-0.39, 0.29) is 11.5 Å². The van der Waals surface area contributed by atoms with E-state index in [0.717, 1.165) is 31.7 Å². The molecular weight excluding hydrogens is 310 g/mol. The van der Waals surface area contributed by atoms with Crippen LogP contribution >= 0.6 is 0 Å². The van der Waals surface area contributed by atoms with E-state index in [1.807, 2.05) is 6.07 Å². The molecule has 2 bridgehead atoms. The number of hydrogen-bond acceptors (Lipinski definition) is 3. The van der Waals surface area contributed by atoms with Gasteiger partial charge in [-0.05, 0) is 43.9 Å². The van der Waals surface area contributed by atoms with Crippen molar-refractivity contribution in [3.63, 3.8) is 0 Å². The van der Waals surface area contributed by atoms with Crippen LogP contribution in [0.25, 0.3) is 0 Å². The summed E-state index contributed by atoms with van der Waals surface area (Å²) < 4.78 is 6.39. The molecule has 0 radical (unpaired) electrons. The van der Waals surface area contributed by atoms with Gasteiger partial charge in [0.25, 0.3) is 0 Å². The molecule has 2 heterocycles. The number of fused-ring (bicyclic) bond motifs is 1. The third-order valence-corrected chi connectivity index (χ3v) is 6.64. The Morgan fingerprint density at radius 3 is 2.84 bits per heavy atom. The van der Waals surface area contributed by atoms with Gasteiger partial charge in [0.15, 0.2) is 11.5 Å². The number of benzene rings is 2. The summed E-state index contributed by atoms with van der Waals surface area (Å²) in [6, 6.07) is 17.1. The molecule has 1 saturated heterocycles. The number of aromatic hydroxyl groups is 1. The van der Waals surface area contributed by atoms with Crippen molar-refractivity contribution in [2.75, 3.05) is 13.1 Å². The van der Waals surface area contributed by atoms with Crippen molar-refractivity contribution in [2.24, 2.45) is 0 Å². The van der Waals surface area contributed by atoms with Crippen molar-refractivity contribution >= 4 is 0 Å². The van der Waals surface area contributed by atoms with Gasteiger partial charge in [0.1, 0.15) is 6.10 Å². The molecule has 2 aromatic rings. The standard InChI is InChI=1S/C22H25NO2/c24-19-10-4-8-17-20(19)25-21-18-9-5-12-22(17,21)13-15-23(18)14-11-16-6-2-1-3-7-16/h1-4,6-8,10,18,21,24H,5,9,11-15H2/t18-,21+,22-/m0/s1. The van der Waals surface area contributed by atoms with Crippen molar-refractivity contribution in [2.45, 2.75) is 49.7 Å². The highest BCUT2D eigenvalue weighted by atomic mass is 16.5. The van der Waals surface area contributed by atoms with Crippen LogP contribution in [0.5, 0.6) is 11.5 Å². The molecule has 25 heavy (non-hydrogen) atoms. The maximum absolute atomic E-state index is 10.3. The second kappa shape index (κ2) is 5.77. The van der Waals surface area contributed by atoms with Crippen molar-refractivity contribution in [1.82, 2.24) is 4.90 Å². The number of nitrogens with zero attached hydrogens (tertiary/aromatic N) is 1. The highest BCUT2D eigenvalue weighted by Crippen LogP contribution is 2.57. The molecule has 3 heteroatoms. The topological polar surface area (TPSA) is 32.7 Å². The van der Waals surface area contributed by atoms with Crippen molar-refractivity contribution in [1.29, 1.82) is 0 Å². The number of likely N-dealkylation sites (tertiary alicyclic amines) is 1. The molecule has 1 aliphatic carbocycles. The lowest BCUT2D eigenvalue weighted by Crippen LogP contribution is -2.62. The average molecular weight is 335 g/mol. The van der Waals surface area contributed by atoms with Crippen LogP contribution < -0.4 is 4.74 Å². The maximum atomic E-state index is 10.3. The van der Waals surface area contributed by atoms with Crippen molar-refractivity contribution in [3.8, 4) is 11.5 Å². The molecule has 0 spiro atoms. The van der Waals surface area contributed by atoms with E-state index in [1.54, 1.807) is 6.07 Å². The SMILES string of the molecule is Oc1cccc2c1O[C@@H]1[C@@H]3CCC[C@]21CCN3CCc1ccccc1. The summed E-state index contributed by atoms with van der Waals surface area (Å²) in [6.07, 6.45) is 6.08. The molecule has 3 atom stereocenters. The monoisotopic (exact) mass is 335 g/mol. The van der Waals surface area contributed by atoms with Crippen LogP contribution in [0.2, 0.25) is 0 Å². The van der Waals surface area contributed by atoms with Gasteiger partial charge in [0.05, 0.1) is 0 Å². The van der Waals surface area contributed by atoms with Crippen LogP contribution in [-0.4, -0.2) is 35.2 Å². The fourth-order valence-corrected chi connectivity index (χ4v) is 5.42. The van der Waals surface area contributed by atoms with Gasteiger partial charge in [0, 0.05) is 23.6 Å². The number of piperidine rings is 1. The van der Waals surface area contributed by atoms with Crippen LogP contribution in [-0.2, 0) is 11.8 Å². The van der Waals surface area contributed by atoms with Crippen LogP contribution in [0, 0.1) is 0 Å². The first kappa shape index (κ1) is 15.3. The summed E-state index contributed by atoms with van der Waals surface area (Å²) in [6.45, 7) is 2.22. The molecule has 2 fully saturated rings. The molecule has 130 valence electrons. The largest absolute Gasteiger partial charge is 0.504 e. The predicted molar refractivity (Wildman–Crippen MR) is 98.2 cm³/mol. The number of hydrogen-bond donors (Lipinski definition) is 1.